The Hall–Kier alpha value is -4.57. The molecule has 15 rings (SSSR count). The lowest BCUT2D eigenvalue weighted by atomic mass is 9.47. The van der Waals surface area contributed by atoms with E-state index in [0.717, 1.165) is 79.9 Å². The smallest absolute Gasteiger partial charge is 0.191 e. The number of aromatic hydroxyl groups is 1. The number of fused-ring (bicyclic) bond motifs is 9. The molecule has 15 unspecified atom stereocenters. The number of aliphatic hydroxyl groups is 3. The summed E-state index contributed by atoms with van der Waals surface area (Å²) in [6, 6.07) is 7.55. The number of aryl methyl sites for hydroxylation is 1. The van der Waals surface area contributed by atoms with Crippen molar-refractivity contribution in [2.45, 2.75) is 157 Å². The molecule has 0 saturated heterocycles. The maximum absolute atomic E-state index is 14.7. The van der Waals surface area contributed by atoms with Gasteiger partial charge in [-0.15, -0.1) is 0 Å². The molecule has 3 spiro atoms. The number of aromatic nitrogens is 2. The van der Waals surface area contributed by atoms with Crippen molar-refractivity contribution in [3.8, 4) is 41.1 Å². The van der Waals surface area contributed by atoms with E-state index in [4.69, 9.17) is 15.2 Å². The number of phenols is 1. The van der Waals surface area contributed by atoms with E-state index in [2.05, 4.69) is 87.7 Å². The number of hydrogen-bond acceptors (Lipinski definition) is 11. The van der Waals surface area contributed by atoms with Crippen LogP contribution in [0, 0.1) is 75.6 Å². The van der Waals surface area contributed by atoms with Crippen LogP contribution < -0.4 is 20.5 Å². The van der Waals surface area contributed by atoms with E-state index in [-0.39, 0.29) is 53.0 Å². The van der Waals surface area contributed by atoms with Crippen LogP contribution in [0.1, 0.15) is 166 Å². The van der Waals surface area contributed by atoms with Gasteiger partial charge in [-0.3, -0.25) is 10.1 Å². The number of nitrogens with two attached hydrogens (primary N) is 1. The molecule has 11 nitrogen and oxygen atoms in total. The number of hydrogen-bond donors (Lipinski definition) is 7. The summed E-state index contributed by atoms with van der Waals surface area (Å²) in [7, 11) is 3.52. The average Bonchev–Trinajstić information content (AvgIpc) is 4.32. The van der Waals surface area contributed by atoms with Crippen molar-refractivity contribution in [1.82, 2.24) is 14.9 Å². The van der Waals surface area contributed by atoms with Crippen molar-refractivity contribution in [3.05, 3.63) is 100 Å². The molecule has 8 N–H and O–H groups in total. The van der Waals surface area contributed by atoms with Gasteiger partial charge in [-0.1, -0.05) is 114 Å². The second kappa shape index (κ2) is 18.2. The summed E-state index contributed by atoms with van der Waals surface area (Å²) in [6.45, 7) is 0.813. The SMILES string of the molecule is NC1NCC2CC3(CCCC3)C3c4c(ccc1c42)C(O)C#CC1C(Oc2cc(CCC(=O)C4CSSC5C=CC67CCCCC6C6CC(O)C(C=C6C5C7)C4O)c(O)cc2OC#CC12CCCC2)n1cc2[nH]cc3c2c1. The number of nitrogens with one attached hydrogen (secondary N) is 2. The number of H-pyrrole nitrogens is 1. The lowest BCUT2D eigenvalue weighted by Gasteiger charge is -2.59. The third kappa shape index (κ3) is 7.41. The largest absolute Gasteiger partial charge is 0.508 e. The molecule has 15 atom stereocenters. The Balaban J connectivity index is 0.776. The van der Waals surface area contributed by atoms with Crippen LogP contribution in [-0.4, -0.2) is 65.5 Å². The Morgan fingerprint density at radius 3 is 2.62 bits per heavy atom. The molecule has 11 aliphatic rings. The number of aliphatic hydroxyl groups excluding tert-OH is 3. The molecule has 4 aliphatic heterocycles. The van der Waals surface area contributed by atoms with E-state index < -0.39 is 47.7 Å². The van der Waals surface area contributed by atoms with Crippen LogP contribution in [0.15, 0.2) is 66.7 Å². The minimum absolute atomic E-state index is 0.0101. The second-order valence-corrected chi connectivity index (χ2v) is 27.8. The summed E-state index contributed by atoms with van der Waals surface area (Å²) in [5.74, 6) is 11.5. The van der Waals surface area contributed by atoms with E-state index in [1.807, 2.05) is 10.8 Å². The highest BCUT2D eigenvalue weighted by molar-refractivity contribution is 8.77. The Kier molecular flexibility index (Phi) is 11.7. The average molecular weight is 1060 g/mol. The molecule has 0 amide bonds. The number of phenolic OH excluding ortho intramolecular Hbond substituents is 1. The highest BCUT2D eigenvalue weighted by Crippen LogP contribution is 2.66. The number of rotatable bonds is 4. The summed E-state index contributed by atoms with van der Waals surface area (Å²) in [6.07, 6.45) is 29.1. The molecule has 4 fully saturated rings. The maximum atomic E-state index is 14.7. The molecular formula is C63H70N4O7S2. The monoisotopic (exact) mass is 1060 g/mol. The Labute approximate surface area is 453 Å². The number of carbonyl (C=O) groups excluding carboxylic acids is 1. The van der Waals surface area contributed by atoms with Crippen LogP contribution in [0.2, 0.25) is 0 Å². The number of ketones is 1. The summed E-state index contributed by atoms with van der Waals surface area (Å²) in [5, 5.41) is 53.6. The van der Waals surface area contributed by atoms with E-state index in [9.17, 15) is 25.2 Å². The number of aromatic amines is 1. The third-order valence-electron chi connectivity index (χ3n) is 21.6. The standard InChI is InChI=1S/C63H70N4O7S2/c64-59-37-10-9-36-48(68)13-11-46-60(67-31-43-42(30-65-47(43)32-67)57-56(36)55(37)35(29-66-59)27-63(57)18-5-6-19-63)74-53-23-34(50(70)26-52(53)73-22-21-61(46)15-3-4-16-61)8-12-49(69)44-33-75-76-54-14-20-62-17-2-1-7-45(62)39-25-51(71)40(58(44)72)24-38(39)41(54)28-62/h9-10,14,20,23-24,26,30-32,35,39-41,44-46,48,51,54,57-60,65-66,68,70-72H,1-8,12,15-19,25,27-29,33,64H2. The summed E-state index contributed by atoms with van der Waals surface area (Å²) in [5.41, 5.74) is 15.1. The van der Waals surface area contributed by atoms with Gasteiger partial charge in [0.2, 0.25) is 0 Å². The zero-order valence-corrected chi connectivity index (χ0v) is 44.8. The van der Waals surface area contributed by atoms with Crippen molar-refractivity contribution < 1.29 is 34.7 Å². The summed E-state index contributed by atoms with van der Waals surface area (Å²) < 4.78 is 15.8. The predicted molar refractivity (Wildman–Crippen MR) is 295 cm³/mol. The first-order chi connectivity index (χ1) is 37.0. The molecule has 4 saturated carbocycles. The number of allylic oxidation sites excluding steroid dienone is 2. The fraction of sp³-hybridized carbons (Fsp3) is 0.571. The van der Waals surface area contributed by atoms with Gasteiger partial charge in [-0.25, -0.2) is 0 Å². The Morgan fingerprint density at radius 1 is 0.921 bits per heavy atom. The van der Waals surface area contributed by atoms with Crippen LogP contribution >= 0.6 is 21.6 Å². The lowest BCUT2D eigenvalue weighted by Crippen LogP contribution is -2.53. The first kappa shape index (κ1) is 48.5. The maximum Gasteiger partial charge on any atom is 0.191 e. The van der Waals surface area contributed by atoms with Gasteiger partial charge in [-0.05, 0) is 138 Å². The van der Waals surface area contributed by atoms with Gasteiger partial charge >= 0.3 is 0 Å². The molecule has 396 valence electrons. The first-order valence-electron chi connectivity index (χ1n) is 28.8. The molecule has 6 bridgehead atoms. The van der Waals surface area contributed by atoms with Gasteiger partial charge in [0, 0.05) is 65.8 Å². The van der Waals surface area contributed by atoms with Crippen LogP contribution in [-0.2, 0) is 11.2 Å². The van der Waals surface area contributed by atoms with Gasteiger partial charge < -0.3 is 45.2 Å². The van der Waals surface area contributed by atoms with Crippen molar-refractivity contribution in [3.63, 3.8) is 0 Å². The second-order valence-electron chi connectivity index (χ2n) is 25.3. The summed E-state index contributed by atoms with van der Waals surface area (Å²) in [4.78, 5) is 18.4. The fourth-order valence-electron chi connectivity index (χ4n) is 18.0. The Morgan fingerprint density at radius 2 is 1.75 bits per heavy atom. The molecule has 76 heavy (non-hydrogen) atoms. The normalized spacial score (nSPS) is 37.7. The molecule has 2 aromatic carbocycles. The van der Waals surface area contributed by atoms with E-state index in [1.165, 1.54) is 60.8 Å². The molecule has 13 heteroatoms. The van der Waals surface area contributed by atoms with Crippen molar-refractivity contribution in [1.29, 1.82) is 0 Å². The van der Waals surface area contributed by atoms with Gasteiger partial charge in [0.25, 0.3) is 0 Å². The molecule has 6 heterocycles. The number of nitrogens with zero attached hydrogens (tertiary/aromatic N) is 1. The molecular weight excluding hydrogens is 989 g/mol. The zero-order chi connectivity index (χ0) is 51.2. The van der Waals surface area contributed by atoms with Crippen LogP contribution in [0.5, 0.6) is 17.2 Å². The summed E-state index contributed by atoms with van der Waals surface area (Å²) >= 11 is 0. The fourth-order valence-corrected chi connectivity index (χ4v) is 21.1. The number of carbonyl (C=O) groups is 1. The van der Waals surface area contributed by atoms with Crippen LogP contribution in [0.25, 0.3) is 10.9 Å². The molecule has 2 aromatic heterocycles. The van der Waals surface area contributed by atoms with Crippen LogP contribution in [0.3, 0.4) is 0 Å². The van der Waals surface area contributed by atoms with E-state index in [0.29, 0.717) is 52.4 Å². The van der Waals surface area contributed by atoms with Gasteiger partial charge in [0.15, 0.2) is 17.7 Å². The number of benzene rings is 2. The van der Waals surface area contributed by atoms with Crippen molar-refractivity contribution >= 4 is 38.3 Å². The third-order valence-corrected chi connectivity index (χ3v) is 24.4. The van der Waals surface area contributed by atoms with E-state index in [1.54, 1.807) is 22.9 Å². The van der Waals surface area contributed by atoms with Gasteiger partial charge in [0.05, 0.1) is 41.1 Å². The molecule has 0 radical (unpaired) electrons. The highest BCUT2D eigenvalue weighted by atomic mass is 33.1. The first-order valence-corrected chi connectivity index (χ1v) is 31.2. The molecule has 4 aromatic rings. The van der Waals surface area contributed by atoms with Crippen LogP contribution in [0.4, 0.5) is 0 Å². The Bertz CT molecular complexity index is 3230. The minimum Gasteiger partial charge on any atom is -0.508 e. The zero-order valence-electron chi connectivity index (χ0n) is 43.1. The minimum atomic E-state index is -1.07. The highest BCUT2D eigenvalue weighted by Gasteiger charge is 2.57. The van der Waals surface area contributed by atoms with Crippen molar-refractivity contribution in [2.75, 3.05) is 12.3 Å². The number of Topliss-reactive ketones (excluding diaryl/α,β-unsaturated/α-hetero) is 1. The lowest BCUT2D eigenvalue weighted by molar-refractivity contribution is -0.127. The van der Waals surface area contributed by atoms with Gasteiger partial charge in [-0.2, -0.15) is 0 Å². The topological polar surface area (TPSA) is 175 Å². The number of ether oxygens (including phenoxy) is 2. The quantitative estimate of drug-likeness (QED) is 0.0589. The van der Waals surface area contributed by atoms with Gasteiger partial charge in [0.1, 0.15) is 23.7 Å². The van der Waals surface area contributed by atoms with Crippen molar-refractivity contribution in [2.24, 2.45) is 57.5 Å². The predicted octanol–water partition coefficient (Wildman–Crippen LogP) is 10.5. The molecule has 7 aliphatic carbocycles. The van der Waals surface area contributed by atoms with E-state index >= 15 is 0 Å².